The Morgan fingerprint density at radius 2 is 1.73 bits per heavy atom. The summed E-state index contributed by atoms with van der Waals surface area (Å²) in [6, 6.07) is 5.56. The number of ether oxygens (including phenoxy) is 1. The molecule has 0 unspecified atom stereocenters. The fraction of sp³-hybridized carbons (Fsp3) is 0.545. The Hall–Kier alpha value is -2.35. The van der Waals surface area contributed by atoms with Gasteiger partial charge in [-0.05, 0) is 50.3 Å². The van der Waals surface area contributed by atoms with Crippen molar-refractivity contribution in [1.29, 1.82) is 0 Å². The van der Waals surface area contributed by atoms with Crippen LogP contribution >= 0.6 is 11.8 Å². The molecule has 8 heteroatoms. The molecule has 2 atom stereocenters. The molecular weight excluding hydrogens is 404 g/mol. The van der Waals surface area contributed by atoms with E-state index < -0.39 is 29.9 Å². The van der Waals surface area contributed by atoms with Crippen molar-refractivity contribution in [2.45, 2.75) is 63.6 Å². The van der Waals surface area contributed by atoms with Gasteiger partial charge in [-0.1, -0.05) is 31.4 Å². The summed E-state index contributed by atoms with van der Waals surface area (Å²) in [4.78, 5) is 52.0. The first-order valence-electron chi connectivity index (χ1n) is 10.4. The summed E-state index contributed by atoms with van der Waals surface area (Å²) in [7, 11) is 0. The van der Waals surface area contributed by atoms with E-state index >= 15 is 0 Å². The molecule has 0 bridgehead atoms. The van der Waals surface area contributed by atoms with Gasteiger partial charge in [0.25, 0.3) is 17.7 Å². The van der Waals surface area contributed by atoms with Crippen LogP contribution in [0.15, 0.2) is 24.3 Å². The standard InChI is InChI=1S/C22H28N2O5S/c1-14(19(25)23-15-8-4-3-5-9-15)29-22(28)18(12-13-30-2)24-20(26)16-10-6-7-11-17(16)21(24)27/h6-7,10-11,14-15,18H,3-5,8-9,12-13H2,1-2H3,(H,23,25)/t14-,18-/m0/s1. The van der Waals surface area contributed by atoms with Gasteiger partial charge in [0.15, 0.2) is 6.10 Å². The number of imide groups is 1. The molecule has 1 saturated carbocycles. The van der Waals surface area contributed by atoms with Gasteiger partial charge in [0.05, 0.1) is 11.1 Å². The molecule has 162 valence electrons. The Labute approximate surface area is 180 Å². The molecule has 1 N–H and O–H groups in total. The number of benzene rings is 1. The molecular formula is C22H28N2O5S. The Balaban J connectivity index is 1.69. The molecule has 3 amide bonds. The summed E-state index contributed by atoms with van der Waals surface area (Å²) in [6.07, 6.45) is 6.34. The minimum atomic E-state index is -1.06. The van der Waals surface area contributed by atoms with Crippen LogP contribution in [0.25, 0.3) is 0 Å². The van der Waals surface area contributed by atoms with Crippen LogP contribution in [0.5, 0.6) is 0 Å². The molecule has 1 heterocycles. The molecule has 2 aliphatic rings. The van der Waals surface area contributed by atoms with Gasteiger partial charge in [0.1, 0.15) is 6.04 Å². The van der Waals surface area contributed by atoms with Crippen LogP contribution in [0.2, 0.25) is 0 Å². The molecule has 0 aromatic heterocycles. The van der Waals surface area contributed by atoms with E-state index in [1.807, 2.05) is 6.26 Å². The zero-order valence-corrected chi connectivity index (χ0v) is 18.2. The molecule has 1 aliphatic heterocycles. The summed E-state index contributed by atoms with van der Waals surface area (Å²) in [5, 5.41) is 2.94. The average molecular weight is 433 g/mol. The second-order valence-electron chi connectivity index (χ2n) is 7.75. The topological polar surface area (TPSA) is 92.8 Å². The van der Waals surface area contributed by atoms with E-state index in [9.17, 15) is 19.2 Å². The monoisotopic (exact) mass is 432 g/mol. The van der Waals surface area contributed by atoms with Crippen LogP contribution in [0.1, 0.15) is 66.2 Å². The number of fused-ring (bicyclic) bond motifs is 1. The maximum absolute atomic E-state index is 12.9. The third-order valence-corrected chi connectivity index (χ3v) is 6.26. The number of thioether (sulfide) groups is 1. The van der Waals surface area contributed by atoms with Gasteiger partial charge in [0.2, 0.25) is 0 Å². The smallest absolute Gasteiger partial charge is 0.330 e. The Morgan fingerprint density at radius 3 is 2.30 bits per heavy atom. The predicted octanol–water partition coefficient (Wildman–Crippen LogP) is 2.78. The maximum Gasteiger partial charge on any atom is 0.330 e. The van der Waals surface area contributed by atoms with Gasteiger partial charge in [-0.2, -0.15) is 11.8 Å². The minimum Gasteiger partial charge on any atom is -0.451 e. The number of nitrogens with zero attached hydrogens (tertiary/aromatic N) is 1. The lowest BCUT2D eigenvalue weighted by Gasteiger charge is -2.27. The lowest BCUT2D eigenvalue weighted by atomic mass is 9.95. The van der Waals surface area contributed by atoms with E-state index in [-0.39, 0.29) is 29.5 Å². The van der Waals surface area contributed by atoms with Gasteiger partial charge >= 0.3 is 5.97 Å². The van der Waals surface area contributed by atoms with E-state index in [0.717, 1.165) is 30.6 Å². The highest BCUT2D eigenvalue weighted by atomic mass is 32.2. The second-order valence-corrected chi connectivity index (χ2v) is 8.73. The van der Waals surface area contributed by atoms with E-state index in [2.05, 4.69) is 5.32 Å². The quantitative estimate of drug-likeness (QED) is 0.502. The average Bonchev–Trinajstić information content (AvgIpc) is 3.00. The summed E-state index contributed by atoms with van der Waals surface area (Å²) in [5.41, 5.74) is 0.570. The van der Waals surface area contributed by atoms with E-state index in [0.29, 0.717) is 5.75 Å². The first-order valence-corrected chi connectivity index (χ1v) is 11.8. The molecule has 0 spiro atoms. The molecule has 1 fully saturated rings. The number of hydrogen-bond acceptors (Lipinski definition) is 6. The van der Waals surface area contributed by atoms with Crippen LogP contribution < -0.4 is 5.32 Å². The second kappa shape index (κ2) is 10.1. The van der Waals surface area contributed by atoms with Crippen molar-refractivity contribution < 1.29 is 23.9 Å². The van der Waals surface area contributed by atoms with Gasteiger partial charge in [0, 0.05) is 6.04 Å². The fourth-order valence-corrected chi connectivity index (χ4v) is 4.40. The molecule has 0 saturated heterocycles. The molecule has 30 heavy (non-hydrogen) atoms. The summed E-state index contributed by atoms with van der Waals surface area (Å²) in [5.74, 6) is -1.52. The number of nitrogens with one attached hydrogen (secondary N) is 1. The highest BCUT2D eigenvalue weighted by Crippen LogP contribution is 2.27. The van der Waals surface area contributed by atoms with Gasteiger partial charge < -0.3 is 10.1 Å². The first-order chi connectivity index (χ1) is 14.4. The Morgan fingerprint density at radius 1 is 1.13 bits per heavy atom. The molecule has 0 radical (unpaired) electrons. The normalized spacial score (nSPS) is 18.7. The third-order valence-electron chi connectivity index (χ3n) is 5.62. The molecule has 1 aromatic carbocycles. The van der Waals surface area contributed by atoms with Crippen molar-refractivity contribution in [3.63, 3.8) is 0 Å². The van der Waals surface area contributed by atoms with Crippen molar-refractivity contribution in [3.8, 4) is 0 Å². The lowest BCUT2D eigenvalue weighted by molar-refractivity contribution is -0.158. The number of hydrogen-bond donors (Lipinski definition) is 1. The van der Waals surface area contributed by atoms with Crippen LogP contribution in [0, 0.1) is 0 Å². The van der Waals surface area contributed by atoms with Crippen molar-refractivity contribution in [2.24, 2.45) is 0 Å². The van der Waals surface area contributed by atoms with Crippen LogP contribution in [-0.2, 0) is 14.3 Å². The Kier molecular flexibility index (Phi) is 7.53. The van der Waals surface area contributed by atoms with E-state index in [1.165, 1.54) is 25.1 Å². The zero-order valence-electron chi connectivity index (χ0n) is 17.4. The number of rotatable bonds is 8. The number of carbonyl (C=O) groups is 4. The highest BCUT2D eigenvalue weighted by Gasteiger charge is 2.43. The summed E-state index contributed by atoms with van der Waals surface area (Å²) in [6.45, 7) is 1.52. The zero-order chi connectivity index (χ0) is 21.7. The maximum atomic E-state index is 12.9. The lowest BCUT2D eigenvalue weighted by Crippen LogP contribution is -2.49. The summed E-state index contributed by atoms with van der Waals surface area (Å²) < 4.78 is 5.41. The van der Waals surface area contributed by atoms with Crippen molar-refractivity contribution >= 4 is 35.5 Å². The third kappa shape index (κ3) is 4.86. The number of esters is 1. The number of carbonyl (C=O) groups excluding carboxylic acids is 4. The molecule has 7 nitrogen and oxygen atoms in total. The van der Waals surface area contributed by atoms with Gasteiger partial charge in [-0.3, -0.25) is 19.3 Å². The van der Waals surface area contributed by atoms with Crippen LogP contribution in [0.4, 0.5) is 0 Å². The summed E-state index contributed by atoms with van der Waals surface area (Å²) >= 11 is 1.50. The highest BCUT2D eigenvalue weighted by molar-refractivity contribution is 7.98. The molecule has 3 rings (SSSR count). The molecule has 1 aromatic rings. The van der Waals surface area contributed by atoms with Crippen LogP contribution in [-0.4, -0.2) is 58.8 Å². The van der Waals surface area contributed by atoms with Crippen molar-refractivity contribution in [1.82, 2.24) is 10.2 Å². The Bertz CT molecular complexity index is 787. The van der Waals surface area contributed by atoms with Crippen molar-refractivity contribution in [3.05, 3.63) is 35.4 Å². The number of amides is 3. The predicted molar refractivity (Wildman–Crippen MR) is 114 cm³/mol. The largest absolute Gasteiger partial charge is 0.451 e. The van der Waals surface area contributed by atoms with Gasteiger partial charge in [-0.25, -0.2) is 4.79 Å². The van der Waals surface area contributed by atoms with Crippen molar-refractivity contribution in [2.75, 3.05) is 12.0 Å². The minimum absolute atomic E-state index is 0.107. The van der Waals surface area contributed by atoms with E-state index in [4.69, 9.17) is 4.74 Å². The SMILES string of the molecule is CSCC[C@@H](C(=O)O[C@@H](C)C(=O)NC1CCCCC1)N1C(=O)c2ccccc2C1=O. The fourth-order valence-electron chi connectivity index (χ4n) is 3.94. The van der Waals surface area contributed by atoms with Crippen LogP contribution in [0.3, 0.4) is 0 Å². The first kappa shape index (κ1) is 22.3. The molecule has 1 aliphatic carbocycles. The van der Waals surface area contributed by atoms with Gasteiger partial charge in [-0.15, -0.1) is 0 Å². The van der Waals surface area contributed by atoms with E-state index in [1.54, 1.807) is 24.3 Å².